The van der Waals surface area contributed by atoms with E-state index in [2.05, 4.69) is 10.9 Å². The van der Waals surface area contributed by atoms with Gasteiger partial charge in [-0.15, -0.1) is 0 Å². The number of nitrogens with one attached hydrogen (secondary N) is 2. The molecular formula is C23H33N5O2. The van der Waals surface area contributed by atoms with Crippen LogP contribution in [-0.4, -0.2) is 46.1 Å². The summed E-state index contributed by atoms with van der Waals surface area (Å²) in [7, 11) is 1.86. The van der Waals surface area contributed by atoms with Gasteiger partial charge in [0.05, 0.1) is 11.0 Å². The number of hydrazine groups is 1. The first-order valence-corrected chi connectivity index (χ1v) is 11.6. The lowest BCUT2D eigenvalue weighted by molar-refractivity contribution is 0.0783. The number of nitrogens with zero attached hydrogens (tertiary/aromatic N) is 3. The minimum absolute atomic E-state index is 0.0152. The molecule has 1 atom stereocenters. The number of aromatic nitrogens is 2. The fourth-order valence-corrected chi connectivity index (χ4v) is 5.15. The molecule has 3 fully saturated rings. The van der Waals surface area contributed by atoms with Crippen molar-refractivity contribution in [1.29, 1.82) is 0 Å². The normalized spacial score (nSPS) is 22.6. The van der Waals surface area contributed by atoms with E-state index < -0.39 is 0 Å². The van der Waals surface area contributed by atoms with Crippen LogP contribution in [0.25, 0.3) is 11.0 Å². The minimum Gasteiger partial charge on any atom is -0.340 e. The van der Waals surface area contributed by atoms with E-state index in [4.69, 9.17) is 0 Å². The van der Waals surface area contributed by atoms with Crippen LogP contribution in [0, 0.1) is 5.92 Å². The molecule has 3 aliphatic rings. The van der Waals surface area contributed by atoms with E-state index in [1.54, 1.807) is 4.90 Å². The van der Waals surface area contributed by atoms with Crippen LogP contribution in [0.15, 0.2) is 23.0 Å². The molecule has 1 aromatic carbocycles. The third-order valence-electron chi connectivity index (χ3n) is 7.05. The number of amides is 1. The Morgan fingerprint density at radius 1 is 1.10 bits per heavy atom. The summed E-state index contributed by atoms with van der Waals surface area (Å²) in [6.45, 7) is 2.38. The Hall–Kier alpha value is -2.12. The number of hydrogen-bond acceptors (Lipinski definition) is 4. The number of rotatable bonds is 6. The highest BCUT2D eigenvalue weighted by Gasteiger charge is 2.28. The number of fused-ring (bicyclic) bond motifs is 1. The molecule has 2 heterocycles. The molecular weight excluding hydrogens is 378 g/mol. The van der Waals surface area contributed by atoms with Crippen molar-refractivity contribution in [3.63, 3.8) is 0 Å². The van der Waals surface area contributed by atoms with Crippen LogP contribution in [0.4, 0.5) is 0 Å². The molecule has 0 bridgehead atoms. The summed E-state index contributed by atoms with van der Waals surface area (Å²) in [6, 6.07) is 6.44. The van der Waals surface area contributed by atoms with Crippen molar-refractivity contribution in [2.75, 3.05) is 20.1 Å². The maximum Gasteiger partial charge on any atom is 0.329 e. The highest BCUT2D eigenvalue weighted by Crippen LogP contribution is 2.34. The number of likely N-dealkylation sites (N-methyl/N-ethyl adjacent to an activating group) is 1. The van der Waals surface area contributed by atoms with E-state index in [1.165, 1.54) is 32.1 Å². The number of hydrogen-bond donors (Lipinski definition) is 2. The third kappa shape index (κ3) is 3.81. The summed E-state index contributed by atoms with van der Waals surface area (Å²) in [6.07, 6.45) is 9.22. The Kier molecular flexibility index (Phi) is 5.41. The Morgan fingerprint density at radius 3 is 2.60 bits per heavy atom. The van der Waals surface area contributed by atoms with Gasteiger partial charge in [-0.1, -0.05) is 19.3 Å². The van der Waals surface area contributed by atoms with E-state index in [0.29, 0.717) is 24.1 Å². The van der Waals surface area contributed by atoms with Gasteiger partial charge in [0.25, 0.3) is 5.91 Å². The second-order valence-corrected chi connectivity index (χ2v) is 9.44. The molecule has 2 aromatic rings. The standard InChI is InChI=1S/C23H33N5O2/c1-26(15-18-11-12-24-25-18)22(29)17-9-10-20-21(13-17)27(14-16-7-8-16)23(30)28(20)19-5-3-2-4-6-19/h9-10,13,16,18-19,24-25H,2-8,11-12,14-15H2,1H3. The zero-order valence-corrected chi connectivity index (χ0v) is 17.9. The van der Waals surface area contributed by atoms with Gasteiger partial charge in [0, 0.05) is 44.3 Å². The predicted molar refractivity (Wildman–Crippen MR) is 118 cm³/mol. The maximum atomic E-state index is 13.4. The third-order valence-corrected chi connectivity index (χ3v) is 7.05. The van der Waals surface area contributed by atoms with Gasteiger partial charge in [0.1, 0.15) is 0 Å². The van der Waals surface area contributed by atoms with Crippen LogP contribution in [0.5, 0.6) is 0 Å². The average molecular weight is 412 g/mol. The first-order valence-electron chi connectivity index (χ1n) is 11.6. The highest BCUT2D eigenvalue weighted by atomic mass is 16.2. The van der Waals surface area contributed by atoms with Crippen LogP contribution < -0.4 is 16.5 Å². The van der Waals surface area contributed by atoms with Gasteiger partial charge in [-0.3, -0.25) is 24.8 Å². The minimum atomic E-state index is 0.0152. The molecule has 0 radical (unpaired) electrons. The fourth-order valence-electron chi connectivity index (χ4n) is 5.15. The Bertz CT molecular complexity index is 977. The first kappa shape index (κ1) is 19.8. The Morgan fingerprint density at radius 2 is 1.90 bits per heavy atom. The lowest BCUT2D eigenvalue weighted by atomic mass is 9.95. The molecule has 1 unspecified atom stereocenters. The molecule has 0 spiro atoms. The van der Waals surface area contributed by atoms with Crippen molar-refractivity contribution in [2.24, 2.45) is 5.92 Å². The lowest BCUT2D eigenvalue weighted by Gasteiger charge is -2.23. The summed E-state index contributed by atoms with van der Waals surface area (Å²) in [5.41, 5.74) is 9.04. The molecule has 1 saturated heterocycles. The van der Waals surface area contributed by atoms with E-state index in [1.807, 2.05) is 34.4 Å². The molecule has 1 aromatic heterocycles. The number of carbonyl (C=O) groups is 1. The van der Waals surface area contributed by atoms with Gasteiger partial charge in [-0.2, -0.15) is 0 Å². The molecule has 1 amide bonds. The summed E-state index contributed by atoms with van der Waals surface area (Å²) in [5.74, 6) is 0.623. The van der Waals surface area contributed by atoms with Crippen LogP contribution in [0.1, 0.15) is 67.8 Å². The highest BCUT2D eigenvalue weighted by molar-refractivity contribution is 5.97. The van der Waals surface area contributed by atoms with E-state index in [0.717, 1.165) is 43.4 Å². The van der Waals surface area contributed by atoms with Crippen LogP contribution >= 0.6 is 0 Å². The van der Waals surface area contributed by atoms with Gasteiger partial charge in [-0.05, 0) is 56.2 Å². The number of benzene rings is 1. The molecule has 2 saturated carbocycles. The second kappa shape index (κ2) is 8.19. The number of carbonyl (C=O) groups excluding carboxylic acids is 1. The van der Waals surface area contributed by atoms with Gasteiger partial charge in [0.2, 0.25) is 0 Å². The van der Waals surface area contributed by atoms with Crippen molar-refractivity contribution in [2.45, 2.75) is 70.0 Å². The largest absolute Gasteiger partial charge is 0.340 e. The van der Waals surface area contributed by atoms with Gasteiger partial charge in [-0.25, -0.2) is 4.79 Å². The first-order chi connectivity index (χ1) is 14.6. The Balaban J connectivity index is 1.49. The SMILES string of the molecule is CN(CC1CCNN1)C(=O)c1ccc2c(c1)n(CC1CC1)c(=O)n2C1CCCCC1. The topological polar surface area (TPSA) is 71.3 Å². The molecule has 5 rings (SSSR count). The fraction of sp³-hybridized carbons (Fsp3) is 0.652. The second-order valence-electron chi connectivity index (χ2n) is 9.44. The summed E-state index contributed by atoms with van der Waals surface area (Å²) < 4.78 is 3.98. The van der Waals surface area contributed by atoms with Gasteiger partial charge < -0.3 is 4.90 Å². The monoisotopic (exact) mass is 411 g/mol. The molecule has 7 heteroatoms. The predicted octanol–water partition coefficient (Wildman–Crippen LogP) is 2.66. The van der Waals surface area contributed by atoms with Crippen molar-refractivity contribution in [1.82, 2.24) is 24.9 Å². The summed E-state index contributed by atoms with van der Waals surface area (Å²) >= 11 is 0. The van der Waals surface area contributed by atoms with Crippen molar-refractivity contribution >= 4 is 16.9 Å². The molecule has 30 heavy (non-hydrogen) atoms. The van der Waals surface area contributed by atoms with Crippen molar-refractivity contribution in [3.05, 3.63) is 34.2 Å². The molecule has 2 N–H and O–H groups in total. The van der Waals surface area contributed by atoms with E-state index >= 15 is 0 Å². The maximum absolute atomic E-state index is 13.4. The van der Waals surface area contributed by atoms with Crippen LogP contribution in [-0.2, 0) is 6.54 Å². The summed E-state index contributed by atoms with van der Waals surface area (Å²) in [5, 5.41) is 0. The smallest absolute Gasteiger partial charge is 0.329 e. The summed E-state index contributed by atoms with van der Waals surface area (Å²) in [4.78, 5) is 28.3. The Labute approximate surface area is 177 Å². The van der Waals surface area contributed by atoms with E-state index in [9.17, 15) is 9.59 Å². The average Bonchev–Trinajstić information content (AvgIpc) is 3.37. The molecule has 1 aliphatic heterocycles. The van der Waals surface area contributed by atoms with Gasteiger partial charge in [0.15, 0.2) is 0 Å². The molecule has 2 aliphatic carbocycles. The zero-order valence-electron chi connectivity index (χ0n) is 17.9. The van der Waals surface area contributed by atoms with Crippen molar-refractivity contribution in [3.8, 4) is 0 Å². The van der Waals surface area contributed by atoms with Crippen molar-refractivity contribution < 1.29 is 4.79 Å². The van der Waals surface area contributed by atoms with E-state index in [-0.39, 0.29) is 17.6 Å². The molecule has 7 nitrogen and oxygen atoms in total. The van der Waals surface area contributed by atoms with Crippen LogP contribution in [0.2, 0.25) is 0 Å². The quantitative estimate of drug-likeness (QED) is 0.767. The van der Waals surface area contributed by atoms with Gasteiger partial charge >= 0.3 is 5.69 Å². The van der Waals surface area contributed by atoms with Crippen LogP contribution in [0.3, 0.4) is 0 Å². The molecule has 162 valence electrons. The zero-order chi connectivity index (χ0) is 20.7. The lowest BCUT2D eigenvalue weighted by Crippen LogP contribution is -2.41. The number of imidazole rings is 1.